The van der Waals surface area contributed by atoms with Crippen molar-refractivity contribution in [1.29, 1.82) is 0 Å². The molecule has 21 heavy (non-hydrogen) atoms. The van der Waals surface area contributed by atoms with Crippen molar-refractivity contribution in [3.05, 3.63) is 64.7 Å². The van der Waals surface area contributed by atoms with Gasteiger partial charge in [0.2, 0.25) is 0 Å². The number of carbonyl (C=O) groups excluding carboxylic acids is 1. The fraction of sp³-hybridized carbons (Fsp3) is 0.0667. The zero-order chi connectivity index (χ0) is 15.6. The van der Waals surface area contributed by atoms with Crippen LogP contribution in [0, 0.1) is 18.6 Å². The van der Waals surface area contributed by atoms with Crippen LogP contribution in [0.4, 0.5) is 14.5 Å². The molecule has 108 valence electrons. The van der Waals surface area contributed by atoms with Crippen LogP contribution in [-0.4, -0.2) is 17.0 Å². The summed E-state index contributed by atoms with van der Waals surface area (Å²) in [4.78, 5) is 22.6. The Morgan fingerprint density at radius 1 is 1.10 bits per heavy atom. The standard InChI is InChI=1S/C15H11F2NO3/c1-8-3-2-4-11(13(8)17)14(19)18-9-5-6-10(15(20)21)12(16)7-9/h2-7H,1H3,(H,18,19)(H,20,21). The summed E-state index contributed by atoms with van der Waals surface area (Å²) < 4.78 is 27.3. The summed E-state index contributed by atoms with van der Waals surface area (Å²) in [5, 5.41) is 11.0. The van der Waals surface area contributed by atoms with Gasteiger partial charge in [-0.05, 0) is 36.8 Å². The van der Waals surface area contributed by atoms with E-state index in [4.69, 9.17) is 5.11 Å². The highest BCUT2D eigenvalue weighted by atomic mass is 19.1. The van der Waals surface area contributed by atoms with E-state index in [0.717, 1.165) is 12.1 Å². The van der Waals surface area contributed by atoms with Gasteiger partial charge in [0, 0.05) is 5.69 Å². The zero-order valence-corrected chi connectivity index (χ0v) is 11.0. The number of carboxylic acid groups (broad SMARTS) is 1. The van der Waals surface area contributed by atoms with Crippen molar-refractivity contribution in [1.82, 2.24) is 0 Å². The second-order valence-electron chi connectivity index (χ2n) is 4.39. The van der Waals surface area contributed by atoms with Gasteiger partial charge >= 0.3 is 5.97 Å². The highest BCUT2D eigenvalue weighted by Crippen LogP contribution is 2.17. The fourth-order valence-corrected chi connectivity index (χ4v) is 1.79. The lowest BCUT2D eigenvalue weighted by molar-refractivity contribution is 0.0692. The first-order chi connectivity index (χ1) is 9.90. The first-order valence-corrected chi connectivity index (χ1v) is 5.99. The second-order valence-corrected chi connectivity index (χ2v) is 4.39. The minimum absolute atomic E-state index is 0.0448. The van der Waals surface area contributed by atoms with Crippen LogP contribution in [0.2, 0.25) is 0 Å². The van der Waals surface area contributed by atoms with E-state index in [1.807, 2.05) is 0 Å². The predicted molar refractivity (Wildman–Crippen MR) is 72.4 cm³/mol. The molecule has 0 radical (unpaired) electrons. The molecule has 2 rings (SSSR count). The summed E-state index contributed by atoms with van der Waals surface area (Å²) in [6.45, 7) is 1.52. The molecule has 0 aliphatic rings. The SMILES string of the molecule is Cc1cccc(C(=O)Nc2ccc(C(=O)O)c(F)c2)c1F. The smallest absolute Gasteiger partial charge is 0.338 e. The number of amides is 1. The Bertz CT molecular complexity index is 729. The normalized spacial score (nSPS) is 10.2. The van der Waals surface area contributed by atoms with Gasteiger partial charge in [0.05, 0.1) is 11.1 Å². The summed E-state index contributed by atoms with van der Waals surface area (Å²) in [7, 11) is 0. The van der Waals surface area contributed by atoms with Gasteiger partial charge in [-0.2, -0.15) is 0 Å². The maximum Gasteiger partial charge on any atom is 0.338 e. The molecule has 0 saturated heterocycles. The Morgan fingerprint density at radius 2 is 1.81 bits per heavy atom. The van der Waals surface area contributed by atoms with E-state index in [0.29, 0.717) is 5.56 Å². The molecule has 2 aromatic carbocycles. The molecular weight excluding hydrogens is 280 g/mol. The predicted octanol–water partition coefficient (Wildman–Crippen LogP) is 3.22. The number of rotatable bonds is 3. The van der Waals surface area contributed by atoms with Crippen molar-refractivity contribution in [3.63, 3.8) is 0 Å². The molecular formula is C15H11F2NO3. The van der Waals surface area contributed by atoms with Crippen molar-refractivity contribution in [2.75, 3.05) is 5.32 Å². The molecule has 0 atom stereocenters. The van der Waals surface area contributed by atoms with E-state index >= 15 is 0 Å². The number of anilines is 1. The highest BCUT2D eigenvalue weighted by Gasteiger charge is 2.15. The van der Waals surface area contributed by atoms with Crippen LogP contribution in [0.15, 0.2) is 36.4 Å². The summed E-state index contributed by atoms with van der Waals surface area (Å²) in [6, 6.07) is 7.49. The molecule has 0 unspecified atom stereocenters. The Hall–Kier alpha value is -2.76. The van der Waals surface area contributed by atoms with Gasteiger partial charge in [-0.15, -0.1) is 0 Å². The minimum Gasteiger partial charge on any atom is -0.478 e. The zero-order valence-electron chi connectivity index (χ0n) is 11.0. The summed E-state index contributed by atoms with van der Waals surface area (Å²) in [6.07, 6.45) is 0. The van der Waals surface area contributed by atoms with Gasteiger partial charge < -0.3 is 10.4 Å². The van der Waals surface area contributed by atoms with Crippen LogP contribution in [0.5, 0.6) is 0 Å². The monoisotopic (exact) mass is 291 g/mol. The van der Waals surface area contributed by atoms with Crippen LogP contribution >= 0.6 is 0 Å². The van der Waals surface area contributed by atoms with Crippen LogP contribution < -0.4 is 5.32 Å². The number of halogens is 2. The van der Waals surface area contributed by atoms with Crippen molar-refractivity contribution in [2.24, 2.45) is 0 Å². The Balaban J connectivity index is 2.26. The molecule has 0 aromatic heterocycles. The van der Waals surface area contributed by atoms with Gasteiger partial charge in [0.25, 0.3) is 5.91 Å². The van der Waals surface area contributed by atoms with Crippen LogP contribution in [0.25, 0.3) is 0 Å². The number of benzene rings is 2. The molecule has 2 N–H and O–H groups in total. The van der Waals surface area contributed by atoms with E-state index in [1.165, 1.54) is 31.2 Å². The molecule has 0 saturated carbocycles. The fourth-order valence-electron chi connectivity index (χ4n) is 1.79. The lowest BCUT2D eigenvalue weighted by Gasteiger charge is -2.08. The lowest BCUT2D eigenvalue weighted by atomic mass is 10.1. The molecule has 1 amide bonds. The summed E-state index contributed by atoms with van der Waals surface area (Å²) in [5.74, 6) is -3.78. The van der Waals surface area contributed by atoms with Crippen LogP contribution in [-0.2, 0) is 0 Å². The van der Waals surface area contributed by atoms with Crippen molar-refractivity contribution < 1.29 is 23.5 Å². The number of carbonyl (C=O) groups is 2. The third-order valence-corrected chi connectivity index (χ3v) is 2.89. The number of nitrogens with one attached hydrogen (secondary N) is 1. The second kappa shape index (κ2) is 5.70. The molecule has 2 aromatic rings. The molecule has 4 nitrogen and oxygen atoms in total. The number of aryl methyl sites for hydroxylation is 1. The van der Waals surface area contributed by atoms with E-state index in [-0.39, 0.29) is 11.3 Å². The number of hydrogen-bond acceptors (Lipinski definition) is 2. The van der Waals surface area contributed by atoms with Crippen molar-refractivity contribution >= 4 is 17.6 Å². The highest BCUT2D eigenvalue weighted by molar-refractivity contribution is 6.04. The van der Waals surface area contributed by atoms with Crippen LogP contribution in [0.3, 0.4) is 0 Å². The largest absolute Gasteiger partial charge is 0.478 e. The molecule has 0 aliphatic carbocycles. The average molecular weight is 291 g/mol. The van der Waals surface area contributed by atoms with Crippen molar-refractivity contribution in [3.8, 4) is 0 Å². The maximum absolute atomic E-state index is 13.8. The average Bonchev–Trinajstić information content (AvgIpc) is 2.41. The molecule has 0 heterocycles. The summed E-state index contributed by atoms with van der Waals surface area (Å²) in [5.41, 5.74) is -0.314. The molecule has 0 aliphatic heterocycles. The molecule has 0 bridgehead atoms. The number of hydrogen-bond donors (Lipinski definition) is 2. The lowest BCUT2D eigenvalue weighted by Crippen LogP contribution is -2.14. The minimum atomic E-state index is -1.41. The molecule has 0 spiro atoms. The topological polar surface area (TPSA) is 66.4 Å². The Labute approximate surface area is 119 Å². The first-order valence-electron chi connectivity index (χ1n) is 5.99. The van der Waals surface area contributed by atoms with Gasteiger partial charge in [0.15, 0.2) is 0 Å². The maximum atomic E-state index is 13.8. The third-order valence-electron chi connectivity index (χ3n) is 2.89. The van der Waals surface area contributed by atoms with Gasteiger partial charge in [-0.25, -0.2) is 13.6 Å². The van der Waals surface area contributed by atoms with Gasteiger partial charge in [-0.1, -0.05) is 12.1 Å². The van der Waals surface area contributed by atoms with Gasteiger partial charge in [0.1, 0.15) is 11.6 Å². The Morgan fingerprint density at radius 3 is 2.43 bits per heavy atom. The number of carboxylic acids is 1. The summed E-state index contributed by atoms with van der Waals surface area (Å²) >= 11 is 0. The van der Waals surface area contributed by atoms with E-state index in [1.54, 1.807) is 0 Å². The van der Waals surface area contributed by atoms with Crippen molar-refractivity contribution in [2.45, 2.75) is 6.92 Å². The van der Waals surface area contributed by atoms with E-state index in [2.05, 4.69) is 5.32 Å². The van der Waals surface area contributed by atoms with Crippen LogP contribution in [0.1, 0.15) is 26.3 Å². The third kappa shape index (κ3) is 3.05. The van der Waals surface area contributed by atoms with Gasteiger partial charge in [-0.3, -0.25) is 4.79 Å². The van der Waals surface area contributed by atoms with E-state index in [9.17, 15) is 18.4 Å². The molecule has 0 fully saturated rings. The Kier molecular flexibility index (Phi) is 3.98. The van der Waals surface area contributed by atoms with E-state index < -0.39 is 29.1 Å². The molecule has 6 heteroatoms. The number of aromatic carboxylic acids is 1. The quantitative estimate of drug-likeness (QED) is 0.912. The first kappa shape index (κ1) is 14.6.